The van der Waals surface area contributed by atoms with Crippen LogP contribution in [0.15, 0.2) is 27.4 Å². The number of fused-ring (bicyclic) bond motifs is 1. The van der Waals surface area contributed by atoms with Crippen molar-refractivity contribution in [2.24, 2.45) is 0 Å². The first-order valence-electron chi connectivity index (χ1n) is 4.79. The quantitative estimate of drug-likeness (QED) is 0.548. The van der Waals surface area contributed by atoms with Crippen molar-refractivity contribution >= 4 is 11.7 Å². The summed E-state index contributed by atoms with van der Waals surface area (Å²) in [5.41, 5.74) is 1.13. The van der Waals surface area contributed by atoms with E-state index in [-0.39, 0.29) is 12.5 Å². The number of hydrogen-bond acceptors (Lipinski definition) is 6. The molecule has 85 valence electrons. The lowest BCUT2D eigenvalue weighted by Gasteiger charge is -2.17. The van der Waals surface area contributed by atoms with Crippen molar-refractivity contribution in [1.29, 1.82) is 0 Å². The summed E-state index contributed by atoms with van der Waals surface area (Å²) in [7, 11) is 0. The number of nitrogens with zero attached hydrogens (tertiary/aromatic N) is 2. The minimum atomic E-state index is -0.627. The summed E-state index contributed by atoms with van der Waals surface area (Å²) in [6.07, 6.45) is 2.10. The van der Waals surface area contributed by atoms with Crippen LogP contribution in [-0.4, -0.2) is 22.3 Å². The third-order valence-electron chi connectivity index (χ3n) is 2.30. The van der Waals surface area contributed by atoms with E-state index in [2.05, 4.69) is 21.2 Å². The molecular formula is C10H6N3O4. The predicted molar refractivity (Wildman–Crippen MR) is 55.1 cm³/mol. The SMILES string of the molecule is O=C1CNc2cc(-n3n[c]oc3=O)ccc2O1. The van der Waals surface area contributed by atoms with Crippen LogP contribution in [0.1, 0.15) is 0 Å². The van der Waals surface area contributed by atoms with E-state index in [4.69, 9.17) is 4.74 Å². The van der Waals surface area contributed by atoms with E-state index in [9.17, 15) is 9.59 Å². The minimum Gasteiger partial charge on any atom is -0.423 e. The summed E-state index contributed by atoms with van der Waals surface area (Å²) < 4.78 is 10.5. The first-order valence-corrected chi connectivity index (χ1v) is 4.79. The summed E-state index contributed by atoms with van der Waals surface area (Å²) in [4.78, 5) is 22.3. The number of benzene rings is 1. The molecule has 2 aromatic rings. The van der Waals surface area contributed by atoms with Gasteiger partial charge in [-0.3, -0.25) is 0 Å². The van der Waals surface area contributed by atoms with Crippen molar-refractivity contribution in [3.05, 3.63) is 35.1 Å². The highest BCUT2D eigenvalue weighted by Crippen LogP contribution is 2.29. The van der Waals surface area contributed by atoms with Crippen LogP contribution < -0.4 is 15.8 Å². The third-order valence-corrected chi connectivity index (χ3v) is 2.30. The Bertz CT molecular complexity index is 643. The van der Waals surface area contributed by atoms with E-state index < -0.39 is 5.76 Å². The molecule has 17 heavy (non-hydrogen) atoms. The number of nitrogens with one attached hydrogen (secondary N) is 1. The average molecular weight is 232 g/mol. The van der Waals surface area contributed by atoms with Gasteiger partial charge in [0.05, 0.1) is 11.4 Å². The molecule has 0 bridgehead atoms. The number of carbonyl (C=O) groups is 1. The molecule has 1 aromatic heterocycles. The lowest BCUT2D eigenvalue weighted by atomic mass is 10.2. The Morgan fingerprint density at radius 1 is 1.41 bits per heavy atom. The van der Waals surface area contributed by atoms with Crippen molar-refractivity contribution in [1.82, 2.24) is 9.78 Å². The lowest BCUT2D eigenvalue weighted by Crippen LogP contribution is -2.25. The minimum absolute atomic E-state index is 0.0935. The van der Waals surface area contributed by atoms with E-state index in [1.807, 2.05) is 0 Å². The molecule has 0 spiro atoms. The molecule has 3 rings (SSSR count). The number of anilines is 1. The molecule has 1 aromatic carbocycles. The summed E-state index contributed by atoms with van der Waals surface area (Å²) in [5.74, 6) is -0.555. The number of esters is 1. The van der Waals surface area contributed by atoms with Crippen LogP contribution >= 0.6 is 0 Å². The molecule has 1 aliphatic heterocycles. The van der Waals surface area contributed by atoms with Crippen LogP contribution in [-0.2, 0) is 4.79 Å². The first-order chi connectivity index (χ1) is 8.24. The van der Waals surface area contributed by atoms with Gasteiger partial charge in [-0.2, -0.15) is 4.68 Å². The molecule has 1 N–H and O–H groups in total. The molecule has 1 aliphatic rings. The molecule has 0 atom stereocenters. The average Bonchev–Trinajstić information content (AvgIpc) is 2.75. The van der Waals surface area contributed by atoms with E-state index in [1.54, 1.807) is 18.2 Å². The molecule has 0 fully saturated rings. The zero-order chi connectivity index (χ0) is 11.8. The van der Waals surface area contributed by atoms with Crippen molar-refractivity contribution in [2.75, 3.05) is 11.9 Å². The van der Waals surface area contributed by atoms with Gasteiger partial charge in [-0.25, -0.2) is 9.59 Å². The summed E-state index contributed by atoms with van der Waals surface area (Å²) in [6.45, 7) is 0.0935. The van der Waals surface area contributed by atoms with Gasteiger partial charge in [-0.05, 0) is 18.2 Å². The second-order valence-corrected chi connectivity index (χ2v) is 3.38. The maximum absolute atomic E-state index is 11.2. The Morgan fingerprint density at radius 3 is 3.06 bits per heavy atom. The van der Waals surface area contributed by atoms with Gasteiger partial charge >= 0.3 is 18.1 Å². The van der Waals surface area contributed by atoms with Crippen molar-refractivity contribution in [3.8, 4) is 11.4 Å². The molecule has 0 aliphatic carbocycles. The van der Waals surface area contributed by atoms with Crippen LogP contribution in [0, 0.1) is 6.39 Å². The monoisotopic (exact) mass is 232 g/mol. The highest BCUT2D eigenvalue weighted by atomic mass is 16.5. The standard InChI is InChI=1S/C10H6N3O4/c14-9-4-11-7-3-6(1-2-8(7)17-9)13-10(15)16-5-12-13/h1-3,11H,4H2. The van der Waals surface area contributed by atoms with Crippen LogP contribution in [0.5, 0.6) is 5.75 Å². The fraction of sp³-hybridized carbons (Fsp3) is 0.100. The Kier molecular flexibility index (Phi) is 1.97. The molecule has 0 unspecified atom stereocenters. The summed E-state index contributed by atoms with van der Waals surface area (Å²) in [6, 6.07) is 4.81. The maximum Gasteiger partial charge on any atom is 0.442 e. The summed E-state index contributed by atoms with van der Waals surface area (Å²) in [5, 5.41) is 6.50. The fourth-order valence-corrected chi connectivity index (χ4v) is 1.55. The summed E-state index contributed by atoms with van der Waals surface area (Å²) >= 11 is 0. The normalized spacial score (nSPS) is 13.8. The van der Waals surface area contributed by atoms with Gasteiger partial charge in [0.2, 0.25) is 0 Å². The number of aromatic nitrogens is 2. The van der Waals surface area contributed by atoms with Crippen LogP contribution in [0.3, 0.4) is 0 Å². The number of carbonyl (C=O) groups excluding carboxylic acids is 1. The second-order valence-electron chi connectivity index (χ2n) is 3.38. The van der Waals surface area contributed by atoms with Gasteiger partial charge in [-0.1, -0.05) is 0 Å². The second kappa shape index (κ2) is 3.48. The first kappa shape index (κ1) is 9.64. The maximum atomic E-state index is 11.2. The Morgan fingerprint density at radius 2 is 2.29 bits per heavy atom. The van der Waals surface area contributed by atoms with Gasteiger partial charge in [0.15, 0.2) is 5.75 Å². The Hall–Kier alpha value is -2.57. The third kappa shape index (κ3) is 1.57. The van der Waals surface area contributed by atoms with Gasteiger partial charge < -0.3 is 14.5 Å². The highest BCUT2D eigenvalue weighted by Gasteiger charge is 2.17. The van der Waals surface area contributed by atoms with Crippen molar-refractivity contribution in [2.45, 2.75) is 0 Å². The Balaban J connectivity index is 2.08. The van der Waals surface area contributed by atoms with E-state index in [1.165, 1.54) is 0 Å². The molecule has 7 nitrogen and oxygen atoms in total. The van der Waals surface area contributed by atoms with Gasteiger partial charge in [0, 0.05) is 0 Å². The zero-order valence-corrected chi connectivity index (χ0v) is 8.47. The van der Waals surface area contributed by atoms with Crippen LogP contribution in [0.25, 0.3) is 5.69 Å². The van der Waals surface area contributed by atoms with Crippen molar-refractivity contribution < 1.29 is 13.9 Å². The lowest BCUT2D eigenvalue weighted by molar-refractivity contribution is -0.132. The molecule has 0 saturated heterocycles. The van der Waals surface area contributed by atoms with Gasteiger partial charge in [-0.15, -0.1) is 5.10 Å². The smallest absolute Gasteiger partial charge is 0.423 e. The van der Waals surface area contributed by atoms with Crippen LogP contribution in [0.2, 0.25) is 0 Å². The molecule has 7 heteroatoms. The number of rotatable bonds is 1. The molecular weight excluding hydrogens is 226 g/mol. The predicted octanol–water partition coefficient (Wildman–Crippen LogP) is -0.0434. The molecule has 0 saturated carbocycles. The van der Waals surface area contributed by atoms with Gasteiger partial charge in [0.1, 0.15) is 6.54 Å². The van der Waals surface area contributed by atoms with Gasteiger partial charge in [0.25, 0.3) is 0 Å². The van der Waals surface area contributed by atoms with E-state index >= 15 is 0 Å². The topological polar surface area (TPSA) is 86.4 Å². The largest absolute Gasteiger partial charge is 0.442 e. The number of hydrogen-bond donors (Lipinski definition) is 1. The van der Waals surface area contributed by atoms with Crippen LogP contribution in [0.4, 0.5) is 5.69 Å². The molecule has 1 radical (unpaired) electrons. The highest BCUT2D eigenvalue weighted by molar-refractivity contribution is 5.83. The Labute approximate surface area is 94.6 Å². The zero-order valence-electron chi connectivity index (χ0n) is 8.47. The number of ether oxygens (including phenoxy) is 1. The van der Waals surface area contributed by atoms with E-state index in [0.717, 1.165) is 4.68 Å². The fourth-order valence-electron chi connectivity index (χ4n) is 1.55. The molecule has 0 amide bonds. The molecule has 2 heterocycles. The van der Waals surface area contributed by atoms with Crippen molar-refractivity contribution in [3.63, 3.8) is 0 Å². The van der Waals surface area contributed by atoms with E-state index in [0.29, 0.717) is 17.1 Å².